The Bertz CT molecular complexity index is 613. The largest absolute Gasteiger partial charge is 0.433 e. The van der Waals surface area contributed by atoms with Gasteiger partial charge in [-0.25, -0.2) is 9.59 Å². The van der Waals surface area contributed by atoms with E-state index in [9.17, 15) is 14.2 Å². The van der Waals surface area contributed by atoms with E-state index in [1.807, 2.05) is 27.7 Å². The summed E-state index contributed by atoms with van der Waals surface area (Å²) in [5.74, 6) is -1.37. The van der Waals surface area contributed by atoms with Crippen LogP contribution in [0.25, 0.3) is 0 Å². The van der Waals surface area contributed by atoms with E-state index in [2.05, 4.69) is 13.2 Å². The third-order valence-electron chi connectivity index (χ3n) is 4.45. The second kappa shape index (κ2) is 19.6. The molecule has 0 bridgehead atoms. The molecule has 0 aliphatic rings. The summed E-state index contributed by atoms with van der Waals surface area (Å²) in [5.41, 5.74) is -1.98. The molecule has 0 radical (unpaired) electrons. The van der Waals surface area contributed by atoms with Crippen molar-refractivity contribution in [3.05, 3.63) is 25.3 Å². The van der Waals surface area contributed by atoms with E-state index in [1.54, 1.807) is 0 Å². The fraction of sp³-hybridized carbons (Fsp3) is 0.750. The summed E-state index contributed by atoms with van der Waals surface area (Å²) in [7, 11) is -0.611. The molecule has 4 atom stereocenters. The van der Waals surface area contributed by atoms with E-state index in [0.29, 0.717) is 38.5 Å². The van der Waals surface area contributed by atoms with Gasteiger partial charge in [0.05, 0.1) is 6.61 Å². The molecule has 0 aromatic carbocycles. The quantitative estimate of drug-likeness (QED) is 0.0609. The number of hydrogen-bond acceptors (Lipinski definition) is 9. The first-order valence-electron chi connectivity index (χ1n) is 11.9. The molecule has 0 N–H and O–H groups in total. The Labute approximate surface area is 205 Å². The number of hydrogen-bond donors (Lipinski definition) is 0. The standard InChI is InChI=1S/C24H41O9P/c1-7-13-17-28-23(32-21(15-9-3)30-19(25)11-5)24(34-27,29-18-14-8-2)33-22(16-10-4)31-20(26)12-6/h11-12,21-23H,5-10,13-18H2,1-4H3. The van der Waals surface area contributed by atoms with Gasteiger partial charge >= 0.3 is 17.5 Å². The van der Waals surface area contributed by atoms with Gasteiger partial charge in [0.25, 0.3) is 0 Å². The average molecular weight is 505 g/mol. The number of carbonyl (C=O) groups excluding carboxylic acids is 2. The first-order chi connectivity index (χ1) is 16.4. The molecule has 196 valence electrons. The Morgan fingerprint density at radius 3 is 1.88 bits per heavy atom. The predicted molar refractivity (Wildman–Crippen MR) is 128 cm³/mol. The molecular formula is C24H41O9P. The van der Waals surface area contributed by atoms with Gasteiger partial charge in [0.1, 0.15) is 0 Å². The highest BCUT2D eigenvalue weighted by atomic mass is 31.1. The van der Waals surface area contributed by atoms with E-state index in [1.165, 1.54) is 0 Å². The van der Waals surface area contributed by atoms with Gasteiger partial charge in [0.2, 0.25) is 27.3 Å². The van der Waals surface area contributed by atoms with E-state index in [-0.39, 0.29) is 13.2 Å². The Morgan fingerprint density at radius 2 is 1.38 bits per heavy atom. The van der Waals surface area contributed by atoms with Gasteiger partial charge in [-0.3, -0.25) is 9.30 Å². The molecule has 0 saturated heterocycles. The summed E-state index contributed by atoms with van der Waals surface area (Å²) >= 11 is 0. The van der Waals surface area contributed by atoms with Crippen molar-refractivity contribution in [2.75, 3.05) is 13.2 Å². The van der Waals surface area contributed by atoms with Gasteiger partial charge < -0.3 is 23.7 Å². The van der Waals surface area contributed by atoms with Gasteiger partial charge in [-0.2, -0.15) is 0 Å². The first-order valence-corrected chi connectivity index (χ1v) is 12.8. The van der Waals surface area contributed by atoms with Crippen LogP contribution in [0.5, 0.6) is 0 Å². The highest BCUT2D eigenvalue weighted by Gasteiger charge is 2.49. The molecule has 4 unspecified atom stereocenters. The summed E-state index contributed by atoms with van der Waals surface area (Å²) < 4.78 is 47.0. The Hall–Kier alpha value is -1.64. The van der Waals surface area contributed by atoms with E-state index in [0.717, 1.165) is 25.0 Å². The third kappa shape index (κ3) is 12.7. The maximum absolute atomic E-state index is 12.6. The molecule has 0 aromatic heterocycles. The minimum absolute atomic E-state index is 0.182. The maximum atomic E-state index is 12.6. The number of rotatable bonds is 22. The van der Waals surface area contributed by atoms with Crippen LogP contribution in [-0.4, -0.2) is 49.6 Å². The number of carbonyl (C=O) groups is 2. The van der Waals surface area contributed by atoms with Crippen LogP contribution in [0.15, 0.2) is 25.3 Å². The molecule has 10 heteroatoms. The van der Waals surface area contributed by atoms with Gasteiger partial charge in [-0.05, 0) is 12.8 Å². The minimum atomic E-state index is -1.98. The minimum Gasteiger partial charge on any atom is -0.433 e. The average Bonchev–Trinajstić information content (AvgIpc) is 2.82. The summed E-state index contributed by atoms with van der Waals surface area (Å²) in [6.07, 6.45) is 3.44. The van der Waals surface area contributed by atoms with Crippen LogP contribution in [-0.2, 0) is 42.6 Å². The van der Waals surface area contributed by atoms with Crippen LogP contribution >= 0.6 is 8.46 Å². The van der Waals surface area contributed by atoms with Gasteiger partial charge in [-0.1, -0.05) is 66.5 Å². The van der Waals surface area contributed by atoms with Crippen molar-refractivity contribution in [3.63, 3.8) is 0 Å². The lowest BCUT2D eigenvalue weighted by Crippen LogP contribution is -2.50. The van der Waals surface area contributed by atoms with Crippen molar-refractivity contribution < 1.29 is 42.6 Å². The third-order valence-corrected chi connectivity index (χ3v) is 5.15. The van der Waals surface area contributed by atoms with Crippen LogP contribution < -0.4 is 0 Å². The molecule has 0 aliphatic carbocycles. The zero-order chi connectivity index (χ0) is 25.8. The smallest absolute Gasteiger partial charge is 0.332 e. The fourth-order valence-corrected chi connectivity index (χ4v) is 3.15. The fourth-order valence-electron chi connectivity index (χ4n) is 2.63. The highest BCUT2D eigenvalue weighted by molar-refractivity contribution is 7.25. The first kappa shape index (κ1) is 32.4. The zero-order valence-corrected chi connectivity index (χ0v) is 21.9. The van der Waals surface area contributed by atoms with Crippen molar-refractivity contribution >= 4 is 20.4 Å². The number of unbranched alkanes of at least 4 members (excludes halogenated alkanes) is 2. The van der Waals surface area contributed by atoms with Crippen LogP contribution in [0, 0.1) is 0 Å². The lowest BCUT2D eigenvalue weighted by atomic mass is 10.3. The van der Waals surface area contributed by atoms with Crippen molar-refractivity contribution in [3.8, 4) is 0 Å². The van der Waals surface area contributed by atoms with Gasteiger partial charge in [-0.15, -0.1) is 0 Å². The molecule has 9 nitrogen and oxygen atoms in total. The highest BCUT2D eigenvalue weighted by Crippen LogP contribution is 2.37. The second-order valence-corrected chi connectivity index (χ2v) is 8.26. The molecule has 0 spiro atoms. The monoisotopic (exact) mass is 504 g/mol. The van der Waals surface area contributed by atoms with E-state index >= 15 is 0 Å². The van der Waals surface area contributed by atoms with Crippen molar-refractivity contribution in [2.24, 2.45) is 0 Å². The van der Waals surface area contributed by atoms with Crippen molar-refractivity contribution in [1.82, 2.24) is 0 Å². The summed E-state index contributed by atoms with van der Waals surface area (Å²) in [5, 5.41) is 0. The summed E-state index contributed by atoms with van der Waals surface area (Å²) in [4.78, 5) is 23.7. The molecule has 0 rings (SSSR count). The summed E-state index contributed by atoms with van der Waals surface area (Å²) in [6, 6.07) is 0. The van der Waals surface area contributed by atoms with Crippen molar-refractivity contribution in [2.45, 2.75) is 103 Å². The zero-order valence-electron chi connectivity index (χ0n) is 21.0. The SMILES string of the molecule is C=CC(=O)OC(CCC)OC(OCCCC)C(OCCCC)(OC(CCC)OC(=O)C=C)P=O. The number of ether oxygens (including phenoxy) is 6. The Morgan fingerprint density at radius 1 is 0.853 bits per heavy atom. The lowest BCUT2D eigenvalue weighted by molar-refractivity contribution is -0.365. The molecule has 0 saturated carbocycles. The van der Waals surface area contributed by atoms with Crippen LogP contribution in [0.1, 0.15) is 79.1 Å². The predicted octanol–water partition coefficient (Wildman–Crippen LogP) is 5.64. The van der Waals surface area contributed by atoms with Crippen molar-refractivity contribution in [1.29, 1.82) is 0 Å². The molecular weight excluding hydrogens is 463 g/mol. The molecule has 0 fully saturated rings. The number of esters is 2. The normalized spacial score (nSPS) is 15.6. The molecule has 0 aromatic rings. The lowest BCUT2D eigenvalue weighted by Gasteiger charge is -2.37. The van der Waals surface area contributed by atoms with E-state index in [4.69, 9.17) is 28.4 Å². The van der Waals surface area contributed by atoms with E-state index < -0.39 is 44.8 Å². The molecule has 0 heterocycles. The van der Waals surface area contributed by atoms with Gasteiger partial charge in [0, 0.05) is 31.6 Å². The molecule has 34 heavy (non-hydrogen) atoms. The molecule has 0 amide bonds. The maximum Gasteiger partial charge on any atom is 0.332 e. The summed E-state index contributed by atoms with van der Waals surface area (Å²) in [6.45, 7) is 15.0. The van der Waals surface area contributed by atoms with Crippen LogP contribution in [0.4, 0.5) is 0 Å². The second-order valence-electron chi connectivity index (χ2n) is 7.45. The van der Waals surface area contributed by atoms with Crippen LogP contribution in [0.2, 0.25) is 0 Å². The topological polar surface area (TPSA) is 107 Å². The Kier molecular flexibility index (Phi) is 18.7. The molecule has 0 aliphatic heterocycles. The van der Waals surface area contributed by atoms with Gasteiger partial charge in [0.15, 0.2) is 0 Å². The van der Waals surface area contributed by atoms with Crippen LogP contribution in [0.3, 0.4) is 0 Å². The Balaban J connectivity index is 6.16.